The highest BCUT2D eigenvalue weighted by atomic mass is 35.5. The van der Waals surface area contributed by atoms with Crippen LogP contribution >= 0.6 is 12.4 Å². The van der Waals surface area contributed by atoms with Crippen LogP contribution in [0.1, 0.15) is 45.4 Å². The van der Waals surface area contributed by atoms with Gasteiger partial charge in [-0.1, -0.05) is 38.7 Å². The van der Waals surface area contributed by atoms with Gasteiger partial charge in [-0.25, -0.2) is 4.79 Å². The Bertz CT molecular complexity index is 432. The molecule has 1 amide bonds. The first-order chi connectivity index (χ1) is 11.0. The summed E-state index contributed by atoms with van der Waals surface area (Å²) >= 11 is 0. The number of Topliss-reactive ketones (excluding diaryl/α,β-unsaturated/α-hetero) is 1. The lowest BCUT2D eigenvalue weighted by atomic mass is 10.1. The van der Waals surface area contributed by atoms with Gasteiger partial charge in [-0.2, -0.15) is 0 Å². The Hall–Kier alpha value is -1.40. The van der Waals surface area contributed by atoms with Crippen LogP contribution in [0, 0.1) is 0 Å². The highest BCUT2D eigenvalue weighted by Crippen LogP contribution is 2.06. The average Bonchev–Trinajstić information content (AvgIpc) is 2.54. The molecular weight excluding hydrogens is 332 g/mol. The van der Waals surface area contributed by atoms with Gasteiger partial charge in [-0.05, 0) is 18.9 Å². The molecule has 0 saturated carbocycles. The van der Waals surface area contributed by atoms with Crippen molar-refractivity contribution in [2.24, 2.45) is 0 Å². The number of unbranched alkanes of at least 4 members (excludes halogenated alkanes) is 5. The van der Waals surface area contributed by atoms with Gasteiger partial charge >= 0.3 is 5.97 Å². The van der Waals surface area contributed by atoms with E-state index < -0.39 is 11.8 Å². The minimum absolute atomic E-state index is 0. The van der Waals surface area contributed by atoms with Crippen LogP contribution in [-0.2, 0) is 14.4 Å². The molecule has 1 N–H and O–H groups in total. The number of aliphatic carboxylic acids is 1. The van der Waals surface area contributed by atoms with Gasteiger partial charge in [0, 0.05) is 26.2 Å². The molecule has 0 spiro atoms. The Labute approximate surface area is 150 Å². The summed E-state index contributed by atoms with van der Waals surface area (Å²) in [4.78, 5) is 37.2. The summed E-state index contributed by atoms with van der Waals surface area (Å²) in [7, 11) is 0. The number of hydrogen-bond acceptors (Lipinski definition) is 4. The van der Waals surface area contributed by atoms with Gasteiger partial charge in [-0.15, -0.1) is 12.4 Å². The number of allylic oxidation sites excluding steroid dienone is 1. The van der Waals surface area contributed by atoms with Crippen LogP contribution in [0.25, 0.3) is 0 Å². The summed E-state index contributed by atoms with van der Waals surface area (Å²) in [6.45, 7) is 4.26. The predicted octanol–water partition coefficient (Wildman–Crippen LogP) is 2.12. The maximum absolute atomic E-state index is 12.0. The first-order valence-electron chi connectivity index (χ1n) is 8.48. The Kier molecular flexibility index (Phi) is 12.2. The SMILES string of the molecule is CCCCCCC/C=C/C(=O)N1CCN(CC(=O)C(=O)O)CC1.Cl. The fourth-order valence-electron chi connectivity index (χ4n) is 2.55. The smallest absolute Gasteiger partial charge is 0.373 e. The Balaban J connectivity index is 0.00000529. The summed E-state index contributed by atoms with van der Waals surface area (Å²) in [6, 6.07) is 0. The maximum Gasteiger partial charge on any atom is 0.373 e. The topological polar surface area (TPSA) is 77.9 Å². The number of carbonyl (C=O) groups is 3. The van der Waals surface area contributed by atoms with Crippen LogP contribution in [0.2, 0.25) is 0 Å². The maximum atomic E-state index is 12.0. The molecule has 0 aromatic heterocycles. The highest BCUT2D eigenvalue weighted by molar-refractivity contribution is 6.33. The molecule has 1 saturated heterocycles. The third-order valence-corrected chi connectivity index (χ3v) is 4.02. The predicted molar refractivity (Wildman–Crippen MR) is 95.4 cm³/mol. The first kappa shape index (κ1) is 22.6. The molecule has 6 nitrogen and oxygen atoms in total. The van der Waals surface area contributed by atoms with E-state index >= 15 is 0 Å². The molecule has 1 rings (SSSR count). The van der Waals surface area contributed by atoms with Crippen molar-refractivity contribution >= 4 is 30.1 Å². The largest absolute Gasteiger partial charge is 0.475 e. The number of hydrogen-bond donors (Lipinski definition) is 1. The lowest BCUT2D eigenvalue weighted by molar-refractivity contribution is -0.149. The number of amides is 1. The zero-order chi connectivity index (χ0) is 17.1. The third-order valence-electron chi connectivity index (χ3n) is 4.02. The number of carboxylic acids is 1. The second kappa shape index (κ2) is 13.0. The molecule has 0 unspecified atom stereocenters. The van der Waals surface area contributed by atoms with Gasteiger partial charge < -0.3 is 10.0 Å². The van der Waals surface area contributed by atoms with Crippen molar-refractivity contribution in [3.63, 3.8) is 0 Å². The number of nitrogens with zero attached hydrogens (tertiary/aromatic N) is 2. The summed E-state index contributed by atoms with van der Waals surface area (Å²) in [6.07, 6.45) is 10.6. The second-order valence-electron chi connectivity index (χ2n) is 5.94. The number of piperazine rings is 1. The van der Waals surface area contributed by atoms with Crippen molar-refractivity contribution in [2.75, 3.05) is 32.7 Å². The standard InChI is InChI=1S/C17H28N2O4.ClH/c1-2-3-4-5-6-7-8-9-16(21)19-12-10-18(11-13-19)14-15(20)17(22)23;/h8-9H,2-7,10-14H2,1H3,(H,22,23);1H/b9-8+;. The molecule has 1 heterocycles. The Morgan fingerprint density at radius 3 is 2.21 bits per heavy atom. The van der Waals surface area contributed by atoms with Crippen LogP contribution in [-0.4, -0.2) is 65.3 Å². The Morgan fingerprint density at radius 1 is 1.00 bits per heavy atom. The fraction of sp³-hybridized carbons (Fsp3) is 0.706. The fourth-order valence-corrected chi connectivity index (χ4v) is 2.55. The molecule has 1 fully saturated rings. The average molecular weight is 361 g/mol. The van der Waals surface area contributed by atoms with Crippen molar-refractivity contribution in [3.05, 3.63) is 12.2 Å². The number of rotatable bonds is 10. The summed E-state index contributed by atoms with van der Waals surface area (Å²) in [5.74, 6) is -2.19. The van der Waals surface area contributed by atoms with Crippen molar-refractivity contribution < 1.29 is 19.5 Å². The molecule has 24 heavy (non-hydrogen) atoms. The van der Waals surface area contributed by atoms with Crippen LogP contribution < -0.4 is 0 Å². The van der Waals surface area contributed by atoms with Gasteiger partial charge in [0.15, 0.2) is 0 Å². The summed E-state index contributed by atoms with van der Waals surface area (Å²) < 4.78 is 0. The number of ketones is 1. The minimum Gasteiger partial charge on any atom is -0.475 e. The quantitative estimate of drug-likeness (QED) is 0.367. The minimum atomic E-state index is -1.40. The molecule has 0 radical (unpaired) electrons. The van der Waals surface area contributed by atoms with E-state index in [2.05, 4.69) is 6.92 Å². The molecule has 7 heteroatoms. The van der Waals surface area contributed by atoms with Gasteiger partial charge in [0.05, 0.1) is 6.54 Å². The Morgan fingerprint density at radius 2 is 1.62 bits per heavy atom. The summed E-state index contributed by atoms with van der Waals surface area (Å²) in [5.41, 5.74) is 0. The zero-order valence-electron chi connectivity index (χ0n) is 14.4. The number of halogens is 1. The molecule has 0 atom stereocenters. The van der Waals surface area contributed by atoms with E-state index in [0.717, 1.165) is 12.8 Å². The molecule has 1 aliphatic rings. The van der Waals surface area contributed by atoms with Gasteiger partial charge in [0.25, 0.3) is 5.78 Å². The number of carbonyl (C=O) groups excluding carboxylic acids is 2. The molecule has 138 valence electrons. The van der Waals surface area contributed by atoms with Crippen molar-refractivity contribution in [1.29, 1.82) is 0 Å². The van der Waals surface area contributed by atoms with E-state index in [1.807, 2.05) is 6.08 Å². The molecular formula is C17H29ClN2O4. The van der Waals surface area contributed by atoms with Crippen LogP contribution in [0.3, 0.4) is 0 Å². The van der Waals surface area contributed by atoms with Crippen LogP contribution in [0.5, 0.6) is 0 Å². The van der Waals surface area contributed by atoms with E-state index in [1.54, 1.807) is 15.9 Å². The van der Waals surface area contributed by atoms with Gasteiger partial charge in [0.2, 0.25) is 5.91 Å². The number of carboxylic acid groups (broad SMARTS) is 1. The van der Waals surface area contributed by atoms with Gasteiger partial charge in [0.1, 0.15) is 0 Å². The molecule has 0 aromatic carbocycles. The molecule has 1 aliphatic heterocycles. The van der Waals surface area contributed by atoms with Crippen molar-refractivity contribution in [1.82, 2.24) is 9.80 Å². The van der Waals surface area contributed by atoms with Gasteiger partial charge in [-0.3, -0.25) is 14.5 Å². The van der Waals surface area contributed by atoms with E-state index in [1.165, 1.54) is 25.7 Å². The van der Waals surface area contributed by atoms with E-state index in [4.69, 9.17) is 5.11 Å². The highest BCUT2D eigenvalue weighted by Gasteiger charge is 2.23. The summed E-state index contributed by atoms with van der Waals surface area (Å²) in [5, 5.41) is 8.59. The van der Waals surface area contributed by atoms with Crippen molar-refractivity contribution in [3.8, 4) is 0 Å². The molecule has 0 aromatic rings. The van der Waals surface area contributed by atoms with E-state index in [0.29, 0.717) is 26.2 Å². The third kappa shape index (κ3) is 9.03. The van der Waals surface area contributed by atoms with Crippen LogP contribution in [0.15, 0.2) is 12.2 Å². The van der Waals surface area contributed by atoms with E-state index in [9.17, 15) is 14.4 Å². The lowest BCUT2D eigenvalue weighted by Gasteiger charge is -2.33. The normalized spacial score (nSPS) is 15.3. The molecule has 0 bridgehead atoms. The van der Waals surface area contributed by atoms with Crippen molar-refractivity contribution in [2.45, 2.75) is 45.4 Å². The molecule has 0 aliphatic carbocycles. The second-order valence-corrected chi connectivity index (χ2v) is 5.94. The first-order valence-corrected chi connectivity index (χ1v) is 8.48. The zero-order valence-corrected chi connectivity index (χ0v) is 15.2. The monoisotopic (exact) mass is 360 g/mol. The van der Waals surface area contributed by atoms with E-state index in [-0.39, 0.29) is 24.9 Å². The lowest BCUT2D eigenvalue weighted by Crippen LogP contribution is -2.50. The van der Waals surface area contributed by atoms with Crippen LogP contribution in [0.4, 0.5) is 0 Å².